The molecule has 0 spiro atoms. The van der Waals surface area contributed by atoms with E-state index in [0.29, 0.717) is 28.1 Å². The number of ether oxygens (including phenoxy) is 1. The lowest BCUT2D eigenvalue weighted by Gasteiger charge is -2.22. The molecule has 0 unspecified atom stereocenters. The number of hydrogen-bond donors (Lipinski definition) is 1. The van der Waals surface area contributed by atoms with E-state index in [1.807, 2.05) is 12.1 Å². The number of halogens is 2. The zero-order valence-corrected chi connectivity index (χ0v) is 18.1. The van der Waals surface area contributed by atoms with Crippen molar-refractivity contribution in [2.24, 2.45) is 7.05 Å². The van der Waals surface area contributed by atoms with Gasteiger partial charge >= 0.3 is 0 Å². The van der Waals surface area contributed by atoms with Gasteiger partial charge in [-0.25, -0.2) is 0 Å². The van der Waals surface area contributed by atoms with E-state index in [-0.39, 0.29) is 24.6 Å². The maximum Gasteiger partial charge on any atom is 0.253 e. The quantitative estimate of drug-likeness (QED) is 0.646. The van der Waals surface area contributed by atoms with Crippen molar-refractivity contribution < 1.29 is 14.6 Å². The molecule has 1 N–H and O–H groups in total. The Hall–Kier alpha value is -1.47. The minimum atomic E-state index is -0.819. The molecule has 1 aromatic carbocycles. The van der Waals surface area contributed by atoms with Gasteiger partial charge in [-0.2, -0.15) is 0 Å². The Kier molecular flexibility index (Phi) is 7.03. The fraction of sp³-hybridized carbons (Fsp3) is 0.400. The van der Waals surface area contributed by atoms with Crippen LogP contribution in [0.25, 0.3) is 0 Å². The van der Waals surface area contributed by atoms with Crippen LogP contribution in [0.3, 0.4) is 0 Å². The van der Waals surface area contributed by atoms with Crippen molar-refractivity contribution in [3.8, 4) is 0 Å². The van der Waals surface area contributed by atoms with E-state index < -0.39 is 5.60 Å². The number of ketones is 1. The Labute approximate surface area is 172 Å². The number of Topliss-reactive ketones (excluding diaryl/α,β-unsaturated/α-hetero) is 1. The number of aromatic nitrogens is 1. The van der Waals surface area contributed by atoms with Crippen molar-refractivity contribution in [3.63, 3.8) is 0 Å². The van der Waals surface area contributed by atoms with Crippen LogP contribution in [0, 0.1) is 6.92 Å². The topological polar surface area (TPSA) is 68.5 Å². The van der Waals surface area contributed by atoms with Gasteiger partial charge in [-0.15, -0.1) is 0 Å². The third-order valence-electron chi connectivity index (χ3n) is 4.40. The molecule has 2 rings (SSSR count). The van der Waals surface area contributed by atoms with Gasteiger partial charge < -0.3 is 14.4 Å². The molecule has 0 aliphatic heterocycles. The molecule has 0 atom stereocenters. The summed E-state index contributed by atoms with van der Waals surface area (Å²) in [6, 6.07) is 5.51. The minimum absolute atomic E-state index is 0.161. The first-order valence-corrected chi connectivity index (χ1v) is 9.64. The van der Waals surface area contributed by atoms with E-state index in [4.69, 9.17) is 16.3 Å². The molecule has 146 valence electrons. The second kappa shape index (κ2) is 8.69. The first-order valence-electron chi connectivity index (χ1n) is 8.47. The van der Waals surface area contributed by atoms with Crippen molar-refractivity contribution in [1.82, 2.24) is 4.57 Å². The van der Waals surface area contributed by atoms with E-state index in [1.54, 1.807) is 33.9 Å². The van der Waals surface area contributed by atoms with E-state index in [0.717, 1.165) is 10.0 Å². The van der Waals surface area contributed by atoms with E-state index >= 15 is 0 Å². The highest BCUT2D eigenvalue weighted by atomic mass is 79.9. The monoisotopic (exact) mass is 455 g/mol. The van der Waals surface area contributed by atoms with Crippen LogP contribution in [-0.4, -0.2) is 34.3 Å². The summed E-state index contributed by atoms with van der Waals surface area (Å²) in [6.07, 6.45) is 1.90. The predicted octanol–water partition coefficient (Wildman–Crippen LogP) is 3.67. The molecule has 0 radical (unpaired) electrons. The third kappa shape index (κ3) is 5.29. The van der Waals surface area contributed by atoms with Crippen LogP contribution >= 0.6 is 27.5 Å². The van der Waals surface area contributed by atoms with Gasteiger partial charge in [-0.1, -0.05) is 33.6 Å². The van der Waals surface area contributed by atoms with Gasteiger partial charge in [0.15, 0.2) is 5.78 Å². The standard InChI is InChI=1S/C20H23BrClNO4/c1-12-15(7-13-5-6-14(21)8-17(13)22)16(9-23(4)19(12)26)18(25)10-27-20(2,3)11-24/h5-6,8-9,24H,7,10-11H2,1-4H3. The molecule has 1 aromatic heterocycles. The number of rotatable bonds is 7. The smallest absolute Gasteiger partial charge is 0.253 e. The van der Waals surface area contributed by atoms with Crippen LogP contribution in [0.4, 0.5) is 0 Å². The van der Waals surface area contributed by atoms with Crippen LogP contribution < -0.4 is 5.56 Å². The Balaban J connectivity index is 2.45. The highest BCUT2D eigenvalue weighted by molar-refractivity contribution is 9.10. The van der Waals surface area contributed by atoms with Crippen molar-refractivity contribution in [2.75, 3.05) is 13.2 Å². The normalized spacial score (nSPS) is 11.7. The largest absolute Gasteiger partial charge is 0.393 e. The maximum absolute atomic E-state index is 12.8. The summed E-state index contributed by atoms with van der Waals surface area (Å²) >= 11 is 9.70. The van der Waals surface area contributed by atoms with Crippen LogP contribution in [0.15, 0.2) is 33.7 Å². The van der Waals surface area contributed by atoms with Gasteiger partial charge in [0.1, 0.15) is 6.61 Å². The van der Waals surface area contributed by atoms with E-state index in [2.05, 4.69) is 15.9 Å². The fourth-order valence-electron chi connectivity index (χ4n) is 2.63. The SMILES string of the molecule is Cc1c(Cc2ccc(Br)cc2Cl)c(C(=O)COC(C)(C)CO)cn(C)c1=O. The summed E-state index contributed by atoms with van der Waals surface area (Å²) in [4.78, 5) is 25.2. The summed E-state index contributed by atoms with van der Waals surface area (Å²) in [5.74, 6) is -0.251. The van der Waals surface area contributed by atoms with Crippen molar-refractivity contribution in [3.05, 3.63) is 66.5 Å². The van der Waals surface area contributed by atoms with Crippen LogP contribution in [0.5, 0.6) is 0 Å². The second-order valence-corrected chi connectivity index (χ2v) is 8.43. The number of carbonyl (C=O) groups excluding carboxylic acids is 1. The van der Waals surface area contributed by atoms with Gasteiger partial charge in [0, 0.05) is 40.3 Å². The Morgan fingerprint density at radius 2 is 2.04 bits per heavy atom. The molecule has 0 saturated heterocycles. The summed E-state index contributed by atoms with van der Waals surface area (Å²) in [7, 11) is 1.61. The zero-order chi connectivity index (χ0) is 20.4. The molecule has 1 heterocycles. The Morgan fingerprint density at radius 3 is 2.63 bits per heavy atom. The number of aliphatic hydroxyl groups excluding tert-OH is 1. The third-order valence-corrected chi connectivity index (χ3v) is 5.24. The lowest BCUT2D eigenvalue weighted by Crippen LogP contribution is -2.32. The van der Waals surface area contributed by atoms with Crippen molar-refractivity contribution in [1.29, 1.82) is 0 Å². The number of aliphatic hydroxyl groups is 1. The fourth-order valence-corrected chi connectivity index (χ4v) is 3.37. The molecule has 0 amide bonds. The Morgan fingerprint density at radius 1 is 1.37 bits per heavy atom. The first kappa shape index (κ1) is 21.8. The number of pyridine rings is 1. The maximum atomic E-state index is 12.8. The van der Waals surface area contributed by atoms with E-state index in [1.165, 1.54) is 10.8 Å². The van der Waals surface area contributed by atoms with Gasteiger partial charge in [0.2, 0.25) is 0 Å². The number of carbonyl (C=O) groups is 1. The van der Waals surface area contributed by atoms with Crippen molar-refractivity contribution >= 4 is 33.3 Å². The summed E-state index contributed by atoms with van der Waals surface area (Å²) < 4.78 is 7.78. The number of aryl methyl sites for hydroxylation is 1. The lowest BCUT2D eigenvalue weighted by molar-refractivity contribution is -0.0447. The average Bonchev–Trinajstić information content (AvgIpc) is 2.61. The van der Waals surface area contributed by atoms with Crippen LogP contribution in [0.1, 0.15) is 40.9 Å². The van der Waals surface area contributed by atoms with Gasteiger partial charge in [0.25, 0.3) is 5.56 Å². The molecular formula is C20H23BrClNO4. The average molecular weight is 457 g/mol. The number of nitrogens with zero attached hydrogens (tertiary/aromatic N) is 1. The van der Waals surface area contributed by atoms with Gasteiger partial charge in [-0.05, 0) is 44.0 Å². The summed E-state index contributed by atoms with van der Waals surface area (Å²) in [5, 5.41) is 9.86. The molecular weight excluding hydrogens is 434 g/mol. The van der Waals surface area contributed by atoms with Gasteiger partial charge in [-0.3, -0.25) is 9.59 Å². The van der Waals surface area contributed by atoms with Crippen LogP contribution in [-0.2, 0) is 18.2 Å². The summed E-state index contributed by atoms with van der Waals surface area (Å²) in [5.41, 5.74) is 1.40. The highest BCUT2D eigenvalue weighted by Gasteiger charge is 2.22. The molecule has 0 bridgehead atoms. The molecule has 2 aromatic rings. The molecule has 27 heavy (non-hydrogen) atoms. The Bertz CT molecular complexity index is 921. The first-order chi connectivity index (χ1) is 12.6. The molecule has 0 aliphatic carbocycles. The number of hydrogen-bond acceptors (Lipinski definition) is 4. The highest BCUT2D eigenvalue weighted by Crippen LogP contribution is 2.26. The minimum Gasteiger partial charge on any atom is -0.393 e. The molecule has 0 aliphatic rings. The van der Waals surface area contributed by atoms with Crippen molar-refractivity contribution in [2.45, 2.75) is 32.8 Å². The molecule has 0 saturated carbocycles. The van der Waals surface area contributed by atoms with Crippen LogP contribution in [0.2, 0.25) is 5.02 Å². The number of benzene rings is 1. The molecule has 7 heteroatoms. The van der Waals surface area contributed by atoms with E-state index in [9.17, 15) is 14.7 Å². The molecule has 5 nitrogen and oxygen atoms in total. The summed E-state index contributed by atoms with van der Waals surface area (Å²) in [6.45, 7) is 4.73. The molecule has 0 fully saturated rings. The predicted molar refractivity (Wildman–Crippen MR) is 110 cm³/mol. The van der Waals surface area contributed by atoms with Gasteiger partial charge in [0.05, 0.1) is 12.2 Å². The second-order valence-electron chi connectivity index (χ2n) is 7.10. The zero-order valence-electron chi connectivity index (χ0n) is 15.8. The lowest BCUT2D eigenvalue weighted by atomic mass is 9.95.